The Balaban J connectivity index is 2.64. The molecule has 0 aliphatic carbocycles. The second kappa shape index (κ2) is 4.04. The Morgan fingerprint density at radius 1 is 1.77 bits per heavy atom. The number of methoxy groups -OCH3 is 1. The van der Waals surface area contributed by atoms with Crippen molar-refractivity contribution in [1.82, 2.24) is 0 Å². The third-order valence-electron chi connectivity index (χ3n) is 2.41. The number of carbonyl (C=O) groups excluding carboxylic acids is 1. The van der Waals surface area contributed by atoms with Crippen molar-refractivity contribution in [2.24, 2.45) is 11.5 Å². The van der Waals surface area contributed by atoms with Crippen molar-refractivity contribution in [3.05, 3.63) is 0 Å². The molecule has 2 unspecified atom stereocenters. The molecule has 1 aliphatic rings. The van der Waals surface area contributed by atoms with Gasteiger partial charge in [0.2, 0.25) is 5.91 Å². The van der Waals surface area contributed by atoms with Crippen molar-refractivity contribution in [3.8, 4) is 0 Å². The number of nitrogens with two attached hydrogens (primary N) is 2. The first kappa shape index (κ1) is 10.4. The lowest BCUT2D eigenvalue weighted by atomic mass is 9.85. The SMILES string of the molecule is COC1COCCC1(N)CC(N)=O. The van der Waals surface area contributed by atoms with E-state index in [9.17, 15) is 4.79 Å². The van der Waals surface area contributed by atoms with Gasteiger partial charge in [0.25, 0.3) is 0 Å². The molecule has 0 aromatic rings. The van der Waals surface area contributed by atoms with Crippen LogP contribution in [0.4, 0.5) is 0 Å². The van der Waals surface area contributed by atoms with Crippen LogP contribution in [-0.2, 0) is 14.3 Å². The molecule has 4 N–H and O–H groups in total. The first-order chi connectivity index (χ1) is 6.08. The Bertz CT molecular complexity index is 198. The summed E-state index contributed by atoms with van der Waals surface area (Å²) in [6.45, 7) is 0.990. The monoisotopic (exact) mass is 188 g/mol. The first-order valence-electron chi connectivity index (χ1n) is 4.26. The summed E-state index contributed by atoms with van der Waals surface area (Å²) < 4.78 is 10.3. The molecular formula is C8H16N2O3. The number of primary amides is 1. The Kier molecular flexibility index (Phi) is 3.24. The van der Waals surface area contributed by atoms with Gasteiger partial charge in [-0.1, -0.05) is 0 Å². The number of amides is 1. The molecule has 1 fully saturated rings. The second-order valence-electron chi connectivity index (χ2n) is 3.43. The van der Waals surface area contributed by atoms with Crippen LogP contribution in [0.1, 0.15) is 12.8 Å². The van der Waals surface area contributed by atoms with Gasteiger partial charge < -0.3 is 20.9 Å². The minimum absolute atomic E-state index is 0.148. The van der Waals surface area contributed by atoms with Crippen LogP contribution in [0, 0.1) is 0 Å². The predicted octanol–water partition coefficient (Wildman–Crippen LogP) is -1.01. The first-order valence-corrected chi connectivity index (χ1v) is 4.26. The van der Waals surface area contributed by atoms with E-state index in [1.54, 1.807) is 7.11 Å². The topological polar surface area (TPSA) is 87.6 Å². The maximum atomic E-state index is 10.8. The highest BCUT2D eigenvalue weighted by Crippen LogP contribution is 2.23. The Hall–Kier alpha value is -0.650. The van der Waals surface area contributed by atoms with Gasteiger partial charge in [-0.2, -0.15) is 0 Å². The maximum absolute atomic E-state index is 10.8. The standard InChI is InChI=1S/C8H16N2O3/c1-12-6-5-13-3-2-8(6,10)4-7(9)11/h6H,2-5,10H2,1H3,(H2,9,11). The fraction of sp³-hybridized carbons (Fsp3) is 0.875. The lowest BCUT2D eigenvalue weighted by Crippen LogP contribution is -2.58. The van der Waals surface area contributed by atoms with Crippen LogP contribution >= 0.6 is 0 Å². The quantitative estimate of drug-likeness (QED) is 0.594. The summed E-state index contributed by atoms with van der Waals surface area (Å²) in [6.07, 6.45) is 0.511. The minimum Gasteiger partial charge on any atom is -0.379 e. The number of hydrogen-bond acceptors (Lipinski definition) is 4. The van der Waals surface area contributed by atoms with Crippen molar-refractivity contribution in [2.45, 2.75) is 24.5 Å². The van der Waals surface area contributed by atoms with Crippen molar-refractivity contribution < 1.29 is 14.3 Å². The van der Waals surface area contributed by atoms with Crippen molar-refractivity contribution >= 4 is 5.91 Å². The van der Waals surface area contributed by atoms with E-state index >= 15 is 0 Å². The van der Waals surface area contributed by atoms with E-state index in [0.717, 1.165) is 0 Å². The van der Waals surface area contributed by atoms with Crippen LogP contribution in [0.2, 0.25) is 0 Å². The number of rotatable bonds is 3. The van der Waals surface area contributed by atoms with Crippen molar-refractivity contribution in [1.29, 1.82) is 0 Å². The van der Waals surface area contributed by atoms with E-state index < -0.39 is 11.4 Å². The lowest BCUT2D eigenvalue weighted by Gasteiger charge is -2.39. The summed E-state index contributed by atoms with van der Waals surface area (Å²) in [5.41, 5.74) is 10.5. The van der Waals surface area contributed by atoms with Crippen LogP contribution in [0.25, 0.3) is 0 Å². The average Bonchev–Trinajstić information content (AvgIpc) is 2.03. The van der Waals surface area contributed by atoms with Gasteiger partial charge in [0.15, 0.2) is 0 Å². The lowest BCUT2D eigenvalue weighted by molar-refractivity contribution is -0.125. The fourth-order valence-electron chi connectivity index (χ4n) is 1.61. The van der Waals surface area contributed by atoms with Gasteiger partial charge >= 0.3 is 0 Å². The predicted molar refractivity (Wildman–Crippen MR) is 47.0 cm³/mol. The van der Waals surface area contributed by atoms with Gasteiger partial charge in [-0.05, 0) is 6.42 Å². The zero-order valence-electron chi connectivity index (χ0n) is 7.79. The van der Waals surface area contributed by atoms with Gasteiger partial charge in [-0.3, -0.25) is 4.79 Å². The molecule has 1 aliphatic heterocycles. The maximum Gasteiger partial charge on any atom is 0.219 e. The van der Waals surface area contributed by atoms with Crippen LogP contribution in [-0.4, -0.2) is 37.9 Å². The number of hydrogen-bond donors (Lipinski definition) is 2. The Morgan fingerprint density at radius 3 is 3.00 bits per heavy atom. The third-order valence-corrected chi connectivity index (χ3v) is 2.41. The van der Waals surface area contributed by atoms with Crippen LogP contribution in [0.5, 0.6) is 0 Å². The van der Waals surface area contributed by atoms with Gasteiger partial charge in [-0.15, -0.1) is 0 Å². The zero-order valence-corrected chi connectivity index (χ0v) is 7.79. The molecule has 0 radical (unpaired) electrons. The van der Waals surface area contributed by atoms with E-state index in [0.29, 0.717) is 19.6 Å². The molecule has 0 spiro atoms. The fourth-order valence-corrected chi connectivity index (χ4v) is 1.61. The van der Waals surface area contributed by atoms with Crippen LogP contribution in [0.15, 0.2) is 0 Å². The van der Waals surface area contributed by atoms with Crippen LogP contribution in [0.3, 0.4) is 0 Å². The second-order valence-corrected chi connectivity index (χ2v) is 3.43. The smallest absolute Gasteiger partial charge is 0.219 e. The molecule has 1 rings (SSSR count). The molecule has 0 bridgehead atoms. The Morgan fingerprint density at radius 2 is 2.46 bits per heavy atom. The summed E-state index contributed by atoms with van der Waals surface area (Å²) in [5, 5.41) is 0. The Labute approximate surface area is 77.4 Å². The molecule has 0 aromatic carbocycles. The van der Waals surface area contributed by atoms with E-state index in [4.69, 9.17) is 20.9 Å². The summed E-state index contributed by atoms with van der Waals surface area (Å²) in [5.74, 6) is -0.397. The molecule has 0 aromatic heterocycles. The largest absolute Gasteiger partial charge is 0.379 e. The molecule has 1 heterocycles. The molecule has 2 atom stereocenters. The number of carbonyl (C=O) groups is 1. The van der Waals surface area contributed by atoms with E-state index in [1.165, 1.54) is 0 Å². The number of ether oxygens (including phenoxy) is 2. The molecule has 0 saturated carbocycles. The highest BCUT2D eigenvalue weighted by molar-refractivity contribution is 5.75. The van der Waals surface area contributed by atoms with Gasteiger partial charge in [0, 0.05) is 20.1 Å². The highest BCUT2D eigenvalue weighted by atomic mass is 16.5. The van der Waals surface area contributed by atoms with Gasteiger partial charge in [0.1, 0.15) is 0 Å². The molecule has 76 valence electrons. The molecule has 5 nitrogen and oxygen atoms in total. The van der Waals surface area contributed by atoms with Crippen LogP contribution < -0.4 is 11.5 Å². The molecule has 13 heavy (non-hydrogen) atoms. The van der Waals surface area contributed by atoms with E-state index in [-0.39, 0.29) is 12.5 Å². The van der Waals surface area contributed by atoms with Gasteiger partial charge in [-0.25, -0.2) is 0 Å². The summed E-state index contributed by atoms with van der Waals surface area (Å²) in [4.78, 5) is 10.8. The molecular weight excluding hydrogens is 172 g/mol. The highest BCUT2D eigenvalue weighted by Gasteiger charge is 2.39. The summed E-state index contributed by atoms with van der Waals surface area (Å²) in [6, 6.07) is 0. The zero-order chi connectivity index (χ0) is 9.90. The van der Waals surface area contributed by atoms with E-state index in [2.05, 4.69) is 0 Å². The van der Waals surface area contributed by atoms with Crippen molar-refractivity contribution in [3.63, 3.8) is 0 Å². The summed E-state index contributed by atoms with van der Waals surface area (Å²) in [7, 11) is 1.56. The summed E-state index contributed by atoms with van der Waals surface area (Å²) >= 11 is 0. The molecule has 5 heteroatoms. The normalized spacial score (nSPS) is 34.5. The molecule has 1 amide bonds. The minimum atomic E-state index is -0.654. The molecule has 1 saturated heterocycles. The van der Waals surface area contributed by atoms with E-state index in [1.807, 2.05) is 0 Å². The van der Waals surface area contributed by atoms with Gasteiger partial charge in [0.05, 0.1) is 18.2 Å². The third kappa shape index (κ3) is 2.40. The average molecular weight is 188 g/mol. The van der Waals surface area contributed by atoms with Crippen molar-refractivity contribution in [2.75, 3.05) is 20.3 Å².